The zero-order valence-electron chi connectivity index (χ0n) is 13.6. The van der Waals surface area contributed by atoms with Crippen LogP contribution in [0, 0.1) is 6.92 Å². The lowest BCUT2D eigenvalue weighted by Gasteiger charge is -2.30. The van der Waals surface area contributed by atoms with Crippen LogP contribution in [0.2, 0.25) is 0 Å². The number of nitrogens with one attached hydrogen (secondary N) is 1. The van der Waals surface area contributed by atoms with Crippen LogP contribution in [0.5, 0.6) is 5.75 Å². The molecule has 2 aliphatic heterocycles. The zero-order valence-corrected chi connectivity index (χ0v) is 13.6. The summed E-state index contributed by atoms with van der Waals surface area (Å²) >= 11 is 0. The molecular weight excluding hydrogens is 286 g/mol. The molecule has 1 aromatic heterocycles. The molecule has 0 bridgehead atoms. The molecule has 120 valence electrons. The van der Waals surface area contributed by atoms with Crippen molar-refractivity contribution in [3.63, 3.8) is 0 Å². The van der Waals surface area contributed by atoms with Gasteiger partial charge in [-0.25, -0.2) is 0 Å². The van der Waals surface area contributed by atoms with E-state index < -0.39 is 0 Å². The molecule has 1 saturated heterocycles. The molecule has 3 heterocycles. The third-order valence-electron chi connectivity index (χ3n) is 4.77. The minimum Gasteiger partial charge on any atom is -0.488 e. The lowest BCUT2D eigenvalue weighted by Crippen LogP contribution is -2.33. The predicted octanol–water partition coefficient (Wildman–Crippen LogP) is 2.67. The molecule has 1 fully saturated rings. The van der Waals surface area contributed by atoms with Gasteiger partial charge in [0.1, 0.15) is 12.4 Å². The van der Waals surface area contributed by atoms with Gasteiger partial charge in [0, 0.05) is 37.0 Å². The SMILES string of the molecule is Cc1ccc2c(c1)OCc1cccnc1C2N1CCCNCC1. The quantitative estimate of drug-likeness (QED) is 0.879. The summed E-state index contributed by atoms with van der Waals surface area (Å²) < 4.78 is 6.13. The first kappa shape index (κ1) is 14.7. The number of rotatable bonds is 1. The van der Waals surface area contributed by atoms with E-state index in [0.29, 0.717) is 6.61 Å². The van der Waals surface area contributed by atoms with E-state index in [1.807, 2.05) is 12.3 Å². The molecule has 0 spiro atoms. The van der Waals surface area contributed by atoms with E-state index in [0.717, 1.165) is 37.6 Å². The molecule has 1 N–H and O–H groups in total. The van der Waals surface area contributed by atoms with Crippen molar-refractivity contribution in [3.05, 3.63) is 58.9 Å². The van der Waals surface area contributed by atoms with Gasteiger partial charge in [-0.1, -0.05) is 18.2 Å². The molecule has 0 saturated carbocycles. The van der Waals surface area contributed by atoms with E-state index in [-0.39, 0.29) is 6.04 Å². The number of fused-ring (bicyclic) bond motifs is 2. The van der Waals surface area contributed by atoms with Gasteiger partial charge in [0.05, 0.1) is 11.7 Å². The third kappa shape index (κ3) is 2.84. The number of aryl methyl sites for hydroxylation is 1. The minimum absolute atomic E-state index is 0.184. The molecule has 2 aromatic rings. The maximum atomic E-state index is 6.13. The Morgan fingerprint density at radius 2 is 2.17 bits per heavy atom. The molecule has 23 heavy (non-hydrogen) atoms. The van der Waals surface area contributed by atoms with E-state index in [9.17, 15) is 0 Å². The van der Waals surface area contributed by atoms with Crippen molar-refractivity contribution >= 4 is 0 Å². The molecule has 2 aliphatic rings. The highest BCUT2D eigenvalue weighted by molar-refractivity contribution is 5.46. The Bertz CT molecular complexity index is 693. The summed E-state index contributed by atoms with van der Waals surface area (Å²) in [6.07, 6.45) is 3.07. The highest BCUT2D eigenvalue weighted by Crippen LogP contribution is 2.39. The molecule has 1 atom stereocenters. The Morgan fingerprint density at radius 3 is 3.13 bits per heavy atom. The van der Waals surface area contributed by atoms with E-state index in [1.54, 1.807) is 0 Å². The molecule has 1 unspecified atom stereocenters. The number of hydrogen-bond acceptors (Lipinski definition) is 4. The van der Waals surface area contributed by atoms with Crippen LogP contribution in [0.15, 0.2) is 36.5 Å². The second-order valence-corrected chi connectivity index (χ2v) is 6.42. The fourth-order valence-corrected chi connectivity index (χ4v) is 3.61. The van der Waals surface area contributed by atoms with Crippen molar-refractivity contribution in [1.29, 1.82) is 0 Å². The van der Waals surface area contributed by atoms with Crippen LogP contribution >= 0.6 is 0 Å². The number of hydrogen-bond donors (Lipinski definition) is 1. The number of pyridine rings is 1. The van der Waals surface area contributed by atoms with Crippen LogP contribution in [0.3, 0.4) is 0 Å². The second kappa shape index (κ2) is 6.30. The van der Waals surface area contributed by atoms with Crippen molar-refractivity contribution < 1.29 is 4.74 Å². The highest BCUT2D eigenvalue weighted by atomic mass is 16.5. The average molecular weight is 309 g/mol. The Balaban J connectivity index is 1.84. The summed E-state index contributed by atoms with van der Waals surface area (Å²) in [6, 6.07) is 10.9. The number of aromatic nitrogens is 1. The van der Waals surface area contributed by atoms with Crippen molar-refractivity contribution in [2.45, 2.75) is 26.0 Å². The molecule has 0 aliphatic carbocycles. The lowest BCUT2D eigenvalue weighted by atomic mass is 9.97. The van der Waals surface area contributed by atoms with E-state index in [4.69, 9.17) is 9.72 Å². The summed E-state index contributed by atoms with van der Waals surface area (Å²) in [5.74, 6) is 1.00. The van der Waals surface area contributed by atoms with Crippen LogP contribution in [0.25, 0.3) is 0 Å². The van der Waals surface area contributed by atoms with Gasteiger partial charge in [-0.3, -0.25) is 9.88 Å². The monoisotopic (exact) mass is 309 g/mol. The fourth-order valence-electron chi connectivity index (χ4n) is 3.61. The maximum absolute atomic E-state index is 6.13. The van der Waals surface area contributed by atoms with Gasteiger partial charge < -0.3 is 10.1 Å². The Kier molecular flexibility index (Phi) is 4.02. The van der Waals surface area contributed by atoms with Gasteiger partial charge in [-0.05, 0) is 37.6 Å². The van der Waals surface area contributed by atoms with E-state index >= 15 is 0 Å². The van der Waals surface area contributed by atoms with Gasteiger partial charge in [0.25, 0.3) is 0 Å². The molecule has 1 aromatic carbocycles. The number of ether oxygens (including phenoxy) is 1. The molecular formula is C19H23N3O. The number of benzene rings is 1. The molecule has 0 amide bonds. The maximum Gasteiger partial charge on any atom is 0.125 e. The normalized spacial score (nSPS) is 21.5. The third-order valence-corrected chi connectivity index (χ3v) is 4.77. The summed E-state index contributed by atoms with van der Waals surface area (Å²) in [5, 5.41) is 3.50. The molecule has 4 rings (SSSR count). The fraction of sp³-hybridized carbons (Fsp3) is 0.421. The summed E-state index contributed by atoms with van der Waals surface area (Å²) in [6.45, 7) is 6.96. The first-order valence-electron chi connectivity index (χ1n) is 8.45. The Hall–Kier alpha value is -1.91. The molecule has 0 radical (unpaired) electrons. The summed E-state index contributed by atoms with van der Waals surface area (Å²) in [7, 11) is 0. The average Bonchev–Trinajstić information content (AvgIpc) is 2.92. The minimum atomic E-state index is 0.184. The van der Waals surface area contributed by atoms with Crippen molar-refractivity contribution in [1.82, 2.24) is 15.2 Å². The first-order valence-corrected chi connectivity index (χ1v) is 8.45. The van der Waals surface area contributed by atoms with Gasteiger partial charge in [0.15, 0.2) is 0 Å². The predicted molar refractivity (Wildman–Crippen MR) is 90.7 cm³/mol. The Morgan fingerprint density at radius 1 is 1.22 bits per heavy atom. The first-order chi connectivity index (χ1) is 11.3. The largest absolute Gasteiger partial charge is 0.488 e. The van der Waals surface area contributed by atoms with Gasteiger partial charge in [-0.2, -0.15) is 0 Å². The zero-order chi connectivity index (χ0) is 15.6. The van der Waals surface area contributed by atoms with E-state index in [1.165, 1.54) is 23.1 Å². The number of nitrogens with zero attached hydrogens (tertiary/aromatic N) is 2. The smallest absolute Gasteiger partial charge is 0.125 e. The van der Waals surface area contributed by atoms with Gasteiger partial charge >= 0.3 is 0 Å². The topological polar surface area (TPSA) is 37.4 Å². The molecule has 4 nitrogen and oxygen atoms in total. The van der Waals surface area contributed by atoms with Crippen LogP contribution in [0.4, 0.5) is 0 Å². The Labute approximate surface area is 137 Å². The van der Waals surface area contributed by atoms with Gasteiger partial charge in [0.2, 0.25) is 0 Å². The molecule has 4 heteroatoms. The van der Waals surface area contributed by atoms with Gasteiger partial charge in [-0.15, -0.1) is 0 Å². The van der Waals surface area contributed by atoms with Crippen molar-refractivity contribution in [2.75, 3.05) is 26.2 Å². The second-order valence-electron chi connectivity index (χ2n) is 6.42. The van der Waals surface area contributed by atoms with Crippen LogP contribution in [0.1, 0.15) is 34.8 Å². The standard InChI is InChI=1S/C19H23N3O/c1-14-5-6-16-17(12-14)23-13-15-4-2-8-21-18(15)19(16)22-10-3-7-20-9-11-22/h2,4-6,8,12,19-20H,3,7,9-11,13H2,1H3. The van der Waals surface area contributed by atoms with Crippen LogP contribution < -0.4 is 10.1 Å². The van der Waals surface area contributed by atoms with E-state index in [2.05, 4.69) is 41.4 Å². The summed E-state index contributed by atoms with van der Waals surface area (Å²) in [5.41, 5.74) is 4.83. The van der Waals surface area contributed by atoms with Crippen molar-refractivity contribution in [2.24, 2.45) is 0 Å². The summed E-state index contributed by atoms with van der Waals surface area (Å²) in [4.78, 5) is 7.30. The van der Waals surface area contributed by atoms with Crippen LogP contribution in [-0.2, 0) is 6.61 Å². The van der Waals surface area contributed by atoms with Crippen LogP contribution in [-0.4, -0.2) is 36.1 Å². The van der Waals surface area contributed by atoms with Crippen molar-refractivity contribution in [3.8, 4) is 5.75 Å². The highest BCUT2D eigenvalue weighted by Gasteiger charge is 2.31. The lowest BCUT2D eigenvalue weighted by molar-refractivity contribution is 0.235.